The number of carbonyl (C=O) groups is 1. The molecule has 0 aliphatic rings. The summed E-state index contributed by atoms with van der Waals surface area (Å²) in [5.74, 6) is -0.152. The molecule has 0 aliphatic heterocycles. The van der Waals surface area contributed by atoms with E-state index in [0.29, 0.717) is 5.69 Å². The van der Waals surface area contributed by atoms with E-state index < -0.39 is 5.97 Å². The van der Waals surface area contributed by atoms with Gasteiger partial charge in [0.2, 0.25) is 0 Å². The largest absolute Gasteiger partial charge is 0.478 e. The van der Waals surface area contributed by atoms with E-state index in [1.165, 1.54) is 6.20 Å². The fourth-order valence-electron chi connectivity index (χ4n) is 1.96. The Morgan fingerprint density at radius 2 is 2.00 bits per heavy atom. The van der Waals surface area contributed by atoms with Crippen LogP contribution in [0.25, 0.3) is 0 Å². The van der Waals surface area contributed by atoms with Crippen molar-refractivity contribution in [2.24, 2.45) is 0 Å². The highest BCUT2D eigenvalue weighted by Gasteiger charge is 2.16. The Morgan fingerprint density at radius 3 is 2.47 bits per heavy atom. The molecule has 0 unspecified atom stereocenters. The standard InChI is InChI=1S/C14H23N3O2/c1-5-17(6-2)8-7-12-15-9-11(14(18)19)13(16-12)10(3)4/h9-10H,5-8H2,1-4H3,(H,18,19). The quantitative estimate of drug-likeness (QED) is 0.818. The van der Waals surface area contributed by atoms with E-state index in [1.807, 2.05) is 13.8 Å². The third-order valence-electron chi connectivity index (χ3n) is 3.19. The van der Waals surface area contributed by atoms with Crippen molar-refractivity contribution in [1.29, 1.82) is 0 Å². The average Bonchev–Trinajstić information content (AvgIpc) is 2.39. The van der Waals surface area contributed by atoms with Crippen molar-refractivity contribution >= 4 is 5.97 Å². The van der Waals surface area contributed by atoms with Crippen LogP contribution in [0.5, 0.6) is 0 Å². The van der Waals surface area contributed by atoms with Crippen LogP contribution < -0.4 is 0 Å². The molecule has 1 heterocycles. The third kappa shape index (κ3) is 4.28. The molecular weight excluding hydrogens is 242 g/mol. The van der Waals surface area contributed by atoms with Crippen molar-refractivity contribution in [3.05, 3.63) is 23.3 Å². The lowest BCUT2D eigenvalue weighted by atomic mass is 10.1. The summed E-state index contributed by atoms with van der Waals surface area (Å²) in [6, 6.07) is 0. The monoisotopic (exact) mass is 265 g/mol. The van der Waals surface area contributed by atoms with E-state index in [-0.39, 0.29) is 11.5 Å². The van der Waals surface area contributed by atoms with Crippen molar-refractivity contribution < 1.29 is 9.90 Å². The second-order valence-electron chi connectivity index (χ2n) is 4.82. The van der Waals surface area contributed by atoms with Crippen LogP contribution in [0.3, 0.4) is 0 Å². The molecule has 106 valence electrons. The van der Waals surface area contributed by atoms with Crippen molar-refractivity contribution in [2.45, 2.75) is 40.0 Å². The molecule has 0 atom stereocenters. The molecule has 0 amide bonds. The minimum atomic E-state index is -0.959. The second-order valence-corrected chi connectivity index (χ2v) is 4.82. The van der Waals surface area contributed by atoms with Crippen LogP contribution >= 0.6 is 0 Å². The fraction of sp³-hybridized carbons (Fsp3) is 0.643. The Balaban J connectivity index is 2.87. The van der Waals surface area contributed by atoms with Gasteiger partial charge in [-0.15, -0.1) is 0 Å². The lowest BCUT2D eigenvalue weighted by molar-refractivity contribution is 0.0694. The van der Waals surface area contributed by atoms with E-state index in [2.05, 4.69) is 28.7 Å². The molecular formula is C14H23N3O2. The van der Waals surface area contributed by atoms with Crippen molar-refractivity contribution in [3.8, 4) is 0 Å². The van der Waals surface area contributed by atoms with E-state index in [9.17, 15) is 4.79 Å². The highest BCUT2D eigenvalue weighted by Crippen LogP contribution is 2.16. The molecule has 0 saturated carbocycles. The van der Waals surface area contributed by atoms with Gasteiger partial charge < -0.3 is 10.0 Å². The average molecular weight is 265 g/mol. The normalized spacial score (nSPS) is 11.3. The molecule has 1 aromatic heterocycles. The summed E-state index contributed by atoms with van der Waals surface area (Å²) < 4.78 is 0. The highest BCUT2D eigenvalue weighted by atomic mass is 16.4. The maximum absolute atomic E-state index is 11.1. The number of aromatic nitrogens is 2. The van der Waals surface area contributed by atoms with Gasteiger partial charge >= 0.3 is 5.97 Å². The van der Waals surface area contributed by atoms with E-state index in [1.54, 1.807) is 0 Å². The molecule has 1 N–H and O–H groups in total. The summed E-state index contributed by atoms with van der Waals surface area (Å²) in [6.45, 7) is 11.0. The van der Waals surface area contributed by atoms with Crippen LogP contribution in [-0.4, -0.2) is 45.6 Å². The molecule has 0 fully saturated rings. The van der Waals surface area contributed by atoms with Crippen LogP contribution in [0.15, 0.2) is 6.20 Å². The summed E-state index contributed by atoms with van der Waals surface area (Å²) in [5.41, 5.74) is 0.832. The van der Waals surface area contributed by atoms with Crippen LogP contribution in [0.1, 0.15) is 55.5 Å². The SMILES string of the molecule is CCN(CC)CCc1ncc(C(=O)O)c(C(C)C)n1. The molecule has 0 saturated heterocycles. The molecule has 0 bridgehead atoms. The predicted molar refractivity (Wildman–Crippen MR) is 74.6 cm³/mol. The van der Waals surface area contributed by atoms with Crippen molar-refractivity contribution in [3.63, 3.8) is 0 Å². The molecule has 1 rings (SSSR count). The fourth-order valence-corrected chi connectivity index (χ4v) is 1.96. The van der Waals surface area contributed by atoms with Crippen LogP contribution in [0.2, 0.25) is 0 Å². The van der Waals surface area contributed by atoms with Gasteiger partial charge in [0.05, 0.1) is 11.3 Å². The predicted octanol–water partition coefficient (Wildman–Crippen LogP) is 2.18. The number of carboxylic acids is 1. The van der Waals surface area contributed by atoms with Gasteiger partial charge in [-0.05, 0) is 19.0 Å². The number of hydrogen-bond acceptors (Lipinski definition) is 4. The zero-order chi connectivity index (χ0) is 14.4. The van der Waals surface area contributed by atoms with Gasteiger partial charge in [-0.3, -0.25) is 0 Å². The van der Waals surface area contributed by atoms with Crippen LogP contribution in [0, 0.1) is 0 Å². The van der Waals surface area contributed by atoms with Gasteiger partial charge in [-0.2, -0.15) is 0 Å². The summed E-state index contributed by atoms with van der Waals surface area (Å²) in [4.78, 5) is 22.0. The first-order chi connectivity index (χ1) is 8.99. The van der Waals surface area contributed by atoms with Gasteiger partial charge in [-0.25, -0.2) is 14.8 Å². The molecule has 0 aliphatic carbocycles. The first-order valence-electron chi connectivity index (χ1n) is 6.81. The molecule has 0 aromatic carbocycles. The Bertz CT molecular complexity index is 429. The van der Waals surface area contributed by atoms with Gasteiger partial charge in [0, 0.05) is 19.2 Å². The maximum Gasteiger partial charge on any atom is 0.339 e. The number of likely N-dealkylation sites (N-methyl/N-ethyl adjacent to an activating group) is 1. The second kappa shape index (κ2) is 7.19. The Hall–Kier alpha value is -1.49. The molecule has 5 heteroatoms. The lowest BCUT2D eigenvalue weighted by Gasteiger charge is -2.17. The molecule has 1 aromatic rings. The number of rotatable bonds is 7. The zero-order valence-electron chi connectivity index (χ0n) is 12.2. The minimum Gasteiger partial charge on any atom is -0.478 e. The molecule has 19 heavy (non-hydrogen) atoms. The summed E-state index contributed by atoms with van der Waals surface area (Å²) in [6.07, 6.45) is 2.18. The smallest absolute Gasteiger partial charge is 0.339 e. The number of aromatic carboxylic acids is 1. The van der Waals surface area contributed by atoms with Gasteiger partial charge in [0.1, 0.15) is 5.82 Å². The van der Waals surface area contributed by atoms with Gasteiger partial charge in [-0.1, -0.05) is 27.7 Å². The molecule has 0 radical (unpaired) electrons. The van der Waals surface area contributed by atoms with E-state index >= 15 is 0 Å². The summed E-state index contributed by atoms with van der Waals surface area (Å²) >= 11 is 0. The highest BCUT2D eigenvalue weighted by molar-refractivity contribution is 5.88. The van der Waals surface area contributed by atoms with E-state index in [0.717, 1.165) is 31.9 Å². The Kier molecular flexibility index (Phi) is 5.89. The lowest BCUT2D eigenvalue weighted by Crippen LogP contribution is -2.26. The zero-order valence-corrected chi connectivity index (χ0v) is 12.2. The minimum absolute atomic E-state index is 0.0845. The maximum atomic E-state index is 11.1. The summed E-state index contributed by atoms with van der Waals surface area (Å²) in [5, 5.41) is 9.11. The number of hydrogen-bond donors (Lipinski definition) is 1. The van der Waals surface area contributed by atoms with Crippen molar-refractivity contribution in [1.82, 2.24) is 14.9 Å². The third-order valence-corrected chi connectivity index (χ3v) is 3.19. The molecule has 0 spiro atoms. The molecule has 5 nitrogen and oxygen atoms in total. The van der Waals surface area contributed by atoms with Crippen LogP contribution in [0.4, 0.5) is 0 Å². The number of nitrogens with zero attached hydrogens (tertiary/aromatic N) is 3. The van der Waals surface area contributed by atoms with Crippen molar-refractivity contribution in [2.75, 3.05) is 19.6 Å². The van der Waals surface area contributed by atoms with E-state index in [4.69, 9.17) is 5.11 Å². The Morgan fingerprint density at radius 1 is 1.37 bits per heavy atom. The number of carboxylic acid groups (broad SMARTS) is 1. The first-order valence-corrected chi connectivity index (χ1v) is 6.81. The van der Waals surface area contributed by atoms with Gasteiger partial charge in [0.25, 0.3) is 0 Å². The summed E-state index contributed by atoms with van der Waals surface area (Å²) in [7, 11) is 0. The first kappa shape index (κ1) is 15.6. The van der Waals surface area contributed by atoms with Crippen LogP contribution in [-0.2, 0) is 6.42 Å². The topological polar surface area (TPSA) is 66.3 Å². The van der Waals surface area contributed by atoms with Gasteiger partial charge in [0.15, 0.2) is 0 Å². The Labute approximate surface area is 114 Å².